The molecule has 0 spiro atoms. The molecule has 5 nitrogen and oxygen atoms in total. The molecule has 0 unspecified atom stereocenters. The van der Waals surface area contributed by atoms with Gasteiger partial charge in [0.05, 0.1) is 19.5 Å². The van der Waals surface area contributed by atoms with E-state index in [2.05, 4.69) is 9.47 Å². The van der Waals surface area contributed by atoms with Crippen molar-refractivity contribution in [3.05, 3.63) is 77.3 Å². The molecule has 0 N–H and O–H groups in total. The maximum Gasteiger partial charge on any atom is 0.185 e. The molecule has 1 saturated heterocycles. The van der Waals surface area contributed by atoms with Crippen LogP contribution >= 0.6 is 12.2 Å². The Morgan fingerprint density at radius 1 is 1.07 bits per heavy atom. The average molecular weight is 408 g/mol. The van der Waals surface area contributed by atoms with Crippen molar-refractivity contribution in [3.63, 3.8) is 0 Å². The zero-order valence-corrected chi connectivity index (χ0v) is 17.3. The van der Waals surface area contributed by atoms with Gasteiger partial charge in [0, 0.05) is 43.0 Å². The normalized spacial score (nSPS) is 15.3. The Kier molecular flexibility index (Phi) is 5.92. The summed E-state index contributed by atoms with van der Waals surface area (Å²) in [6, 6.07) is 17.5. The lowest BCUT2D eigenvalue weighted by molar-refractivity contribution is 0.0810. The summed E-state index contributed by atoms with van der Waals surface area (Å²) in [5, 5.41) is 0. The molecule has 150 valence electrons. The van der Waals surface area contributed by atoms with Crippen LogP contribution in [0.2, 0.25) is 0 Å². The topological polar surface area (TPSA) is 39.4 Å². The van der Waals surface area contributed by atoms with Gasteiger partial charge in [0.25, 0.3) is 0 Å². The SMILES string of the molecule is COc1cccc(-n2ccn(CN3CCC(C(=O)c4ccccc4)CC3)c2=S)c1. The number of imidazole rings is 1. The second kappa shape index (κ2) is 8.76. The minimum absolute atomic E-state index is 0.114. The minimum atomic E-state index is 0.114. The first-order valence-electron chi connectivity index (χ1n) is 9.89. The highest BCUT2D eigenvalue weighted by Gasteiger charge is 2.25. The van der Waals surface area contributed by atoms with Gasteiger partial charge in [0.2, 0.25) is 0 Å². The van der Waals surface area contributed by atoms with Crippen molar-refractivity contribution in [1.29, 1.82) is 0 Å². The summed E-state index contributed by atoms with van der Waals surface area (Å²) >= 11 is 5.69. The molecule has 1 aliphatic rings. The van der Waals surface area contributed by atoms with Crippen molar-refractivity contribution in [3.8, 4) is 11.4 Å². The number of likely N-dealkylation sites (tertiary alicyclic amines) is 1. The fraction of sp³-hybridized carbons (Fsp3) is 0.304. The van der Waals surface area contributed by atoms with Gasteiger partial charge in [0.15, 0.2) is 10.6 Å². The number of piperidine rings is 1. The zero-order chi connectivity index (χ0) is 20.2. The highest BCUT2D eigenvalue weighted by molar-refractivity contribution is 7.71. The number of nitrogens with zero attached hydrogens (tertiary/aromatic N) is 3. The van der Waals surface area contributed by atoms with E-state index in [9.17, 15) is 4.79 Å². The van der Waals surface area contributed by atoms with Crippen LogP contribution in [-0.4, -0.2) is 40.0 Å². The first-order valence-corrected chi connectivity index (χ1v) is 10.3. The van der Waals surface area contributed by atoms with Gasteiger partial charge in [0.1, 0.15) is 5.75 Å². The quantitative estimate of drug-likeness (QED) is 0.443. The number of hydrogen-bond donors (Lipinski definition) is 0. The van der Waals surface area contributed by atoms with E-state index in [1.54, 1.807) is 7.11 Å². The molecule has 1 aliphatic heterocycles. The van der Waals surface area contributed by atoms with Crippen molar-refractivity contribution >= 4 is 18.0 Å². The van der Waals surface area contributed by atoms with E-state index in [-0.39, 0.29) is 11.7 Å². The average Bonchev–Trinajstić information content (AvgIpc) is 3.14. The third-order valence-electron chi connectivity index (χ3n) is 5.55. The predicted octanol–water partition coefficient (Wildman–Crippen LogP) is 4.57. The molecular weight excluding hydrogens is 382 g/mol. The second-order valence-corrected chi connectivity index (χ2v) is 7.75. The molecule has 4 rings (SSSR count). The summed E-state index contributed by atoms with van der Waals surface area (Å²) < 4.78 is 10.1. The van der Waals surface area contributed by atoms with Crippen LogP contribution in [0, 0.1) is 10.7 Å². The Bertz CT molecular complexity index is 1030. The standard InChI is InChI=1S/C23H25N3O2S/c1-28-21-9-5-8-20(16-21)26-15-14-25(23(26)29)17-24-12-10-19(11-13-24)22(27)18-6-3-2-4-7-18/h2-9,14-16,19H,10-13,17H2,1H3. The van der Waals surface area contributed by atoms with Crippen molar-refractivity contribution in [2.75, 3.05) is 20.2 Å². The maximum atomic E-state index is 12.7. The monoisotopic (exact) mass is 407 g/mol. The maximum absolute atomic E-state index is 12.7. The largest absolute Gasteiger partial charge is 0.497 e. The van der Waals surface area contributed by atoms with Gasteiger partial charge in [-0.05, 0) is 37.2 Å². The molecule has 2 heterocycles. The molecule has 0 aliphatic carbocycles. The number of carbonyl (C=O) groups excluding carboxylic acids is 1. The van der Waals surface area contributed by atoms with Crippen LogP contribution in [0.3, 0.4) is 0 Å². The number of rotatable bonds is 6. The van der Waals surface area contributed by atoms with Gasteiger partial charge >= 0.3 is 0 Å². The number of Topliss-reactive ketones (excluding diaryl/α,β-unsaturated/α-hetero) is 1. The van der Waals surface area contributed by atoms with Gasteiger partial charge in [-0.1, -0.05) is 36.4 Å². The minimum Gasteiger partial charge on any atom is -0.497 e. The molecule has 29 heavy (non-hydrogen) atoms. The first-order chi connectivity index (χ1) is 14.2. The summed E-state index contributed by atoms with van der Waals surface area (Å²) in [5.74, 6) is 1.19. The number of ketones is 1. The number of aromatic nitrogens is 2. The molecule has 2 aromatic carbocycles. The highest BCUT2D eigenvalue weighted by Crippen LogP contribution is 2.23. The Balaban J connectivity index is 1.39. The van der Waals surface area contributed by atoms with Crippen LogP contribution in [0.15, 0.2) is 67.0 Å². The zero-order valence-electron chi connectivity index (χ0n) is 16.5. The van der Waals surface area contributed by atoms with E-state index >= 15 is 0 Å². The fourth-order valence-corrected chi connectivity index (χ4v) is 4.15. The van der Waals surface area contributed by atoms with Crippen LogP contribution in [0.1, 0.15) is 23.2 Å². The number of methoxy groups -OCH3 is 1. The predicted molar refractivity (Wildman–Crippen MR) is 116 cm³/mol. The number of hydrogen-bond acceptors (Lipinski definition) is 4. The Morgan fingerprint density at radius 2 is 1.83 bits per heavy atom. The molecular formula is C23H25N3O2S. The molecule has 0 atom stereocenters. The third kappa shape index (κ3) is 4.33. The van der Waals surface area contributed by atoms with Crippen molar-refractivity contribution in [1.82, 2.24) is 14.0 Å². The number of benzene rings is 2. The number of ether oxygens (including phenoxy) is 1. The first kappa shape index (κ1) is 19.6. The lowest BCUT2D eigenvalue weighted by atomic mass is 9.89. The fourth-order valence-electron chi connectivity index (χ4n) is 3.87. The lowest BCUT2D eigenvalue weighted by Crippen LogP contribution is -2.37. The van der Waals surface area contributed by atoms with Crippen LogP contribution in [0.25, 0.3) is 5.69 Å². The summed E-state index contributed by atoms with van der Waals surface area (Å²) in [4.78, 5) is 15.0. The van der Waals surface area contributed by atoms with Crippen molar-refractivity contribution < 1.29 is 9.53 Å². The number of carbonyl (C=O) groups is 1. The van der Waals surface area contributed by atoms with E-state index < -0.39 is 0 Å². The summed E-state index contributed by atoms with van der Waals surface area (Å²) in [5.41, 5.74) is 1.81. The van der Waals surface area contributed by atoms with Crippen LogP contribution < -0.4 is 4.74 Å². The molecule has 0 bridgehead atoms. The summed E-state index contributed by atoms with van der Waals surface area (Å²) in [7, 11) is 1.66. The van der Waals surface area contributed by atoms with Gasteiger partial charge < -0.3 is 9.30 Å². The van der Waals surface area contributed by atoms with E-state index in [1.165, 1.54) is 0 Å². The van der Waals surface area contributed by atoms with Crippen LogP contribution in [0.4, 0.5) is 0 Å². The highest BCUT2D eigenvalue weighted by atomic mass is 32.1. The van der Waals surface area contributed by atoms with E-state index in [0.717, 1.165) is 54.4 Å². The van der Waals surface area contributed by atoms with Crippen LogP contribution in [-0.2, 0) is 6.67 Å². The molecule has 1 aromatic heterocycles. The van der Waals surface area contributed by atoms with Crippen molar-refractivity contribution in [2.45, 2.75) is 19.5 Å². The molecule has 0 amide bonds. The Morgan fingerprint density at radius 3 is 2.55 bits per heavy atom. The summed E-state index contributed by atoms with van der Waals surface area (Å²) in [6.45, 7) is 2.53. The molecule has 3 aromatic rings. The van der Waals surface area contributed by atoms with Gasteiger partial charge in [-0.25, -0.2) is 0 Å². The van der Waals surface area contributed by atoms with E-state index in [1.807, 2.05) is 71.6 Å². The van der Waals surface area contributed by atoms with E-state index in [4.69, 9.17) is 17.0 Å². The summed E-state index contributed by atoms with van der Waals surface area (Å²) in [6.07, 6.45) is 5.78. The van der Waals surface area contributed by atoms with Gasteiger partial charge in [-0.3, -0.25) is 14.3 Å². The molecule has 6 heteroatoms. The Labute approximate surface area is 176 Å². The third-order valence-corrected chi connectivity index (χ3v) is 5.98. The smallest absolute Gasteiger partial charge is 0.185 e. The Hall–Kier alpha value is -2.70. The molecule has 0 radical (unpaired) electrons. The molecule has 1 fully saturated rings. The van der Waals surface area contributed by atoms with Gasteiger partial charge in [-0.2, -0.15) is 0 Å². The van der Waals surface area contributed by atoms with Crippen molar-refractivity contribution in [2.24, 2.45) is 5.92 Å². The van der Waals surface area contributed by atoms with E-state index in [0.29, 0.717) is 0 Å². The van der Waals surface area contributed by atoms with Crippen LogP contribution in [0.5, 0.6) is 5.75 Å². The van der Waals surface area contributed by atoms with Gasteiger partial charge in [-0.15, -0.1) is 0 Å². The molecule has 0 saturated carbocycles. The second-order valence-electron chi connectivity index (χ2n) is 7.39. The lowest BCUT2D eigenvalue weighted by Gasteiger charge is -2.31.